The van der Waals surface area contributed by atoms with Gasteiger partial charge >= 0.3 is 0 Å². The Balaban J connectivity index is 1.33. The summed E-state index contributed by atoms with van der Waals surface area (Å²) in [7, 11) is 0. The van der Waals surface area contributed by atoms with Crippen LogP contribution in [0, 0.1) is 12.8 Å². The lowest BCUT2D eigenvalue weighted by Gasteiger charge is -2.35. The molecule has 1 amide bonds. The Bertz CT molecular complexity index is 887. The number of hydrogen-bond acceptors (Lipinski definition) is 5. The minimum absolute atomic E-state index is 0.0335. The molecule has 27 heavy (non-hydrogen) atoms. The predicted molar refractivity (Wildman–Crippen MR) is 98.9 cm³/mol. The second-order valence-electron chi connectivity index (χ2n) is 7.13. The van der Waals surface area contributed by atoms with Crippen LogP contribution in [-0.4, -0.2) is 46.4 Å². The Morgan fingerprint density at radius 1 is 1.15 bits per heavy atom. The molecule has 142 valence electrons. The lowest BCUT2D eigenvalue weighted by molar-refractivity contribution is -0.142. The summed E-state index contributed by atoms with van der Waals surface area (Å²) in [4.78, 5) is 26.5. The number of nitrogens with zero attached hydrogens (tertiary/aromatic N) is 3. The van der Waals surface area contributed by atoms with Crippen LogP contribution in [0.1, 0.15) is 18.5 Å². The van der Waals surface area contributed by atoms with Crippen molar-refractivity contribution < 1.29 is 14.3 Å². The van der Waals surface area contributed by atoms with Gasteiger partial charge in [0.25, 0.3) is 11.5 Å². The van der Waals surface area contributed by atoms with Crippen molar-refractivity contribution in [1.29, 1.82) is 0 Å². The van der Waals surface area contributed by atoms with Crippen LogP contribution in [0.3, 0.4) is 0 Å². The average molecular weight is 369 g/mol. The molecule has 2 aromatic rings. The van der Waals surface area contributed by atoms with Gasteiger partial charge in [-0.1, -0.05) is 12.1 Å². The van der Waals surface area contributed by atoms with Gasteiger partial charge in [-0.3, -0.25) is 9.59 Å². The van der Waals surface area contributed by atoms with E-state index in [0.717, 1.165) is 18.5 Å². The van der Waals surface area contributed by atoms with Gasteiger partial charge in [-0.2, -0.15) is 5.10 Å². The van der Waals surface area contributed by atoms with Crippen LogP contribution in [0.2, 0.25) is 0 Å². The fourth-order valence-electron chi connectivity index (χ4n) is 3.61. The standard InChI is InChI=1S/C20H23N3O4/c1-14-6-7-19(24)23(21-14)12-15-8-10-22(11-9-15)20(25)18-13-26-16-4-2-3-5-17(16)27-18/h2-7,15,18H,8-13H2,1H3. The Morgan fingerprint density at radius 3 is 2.67 bits per heavy atom. The van der Waals surface area contributed by atoms with E-state index in [2.05, 4.69) is 5.10 Å². The first-order valence-electron chi connectivity index (χ1n) is 9.32. The van der Waals surface area contributed by atoms with Crippen LogP contribution < -0.4 is 15.0 Å². The summed E-state index contributed by atoms with van der Waals surface area (Å²) in [5.41, 5.74) is 0.752. The Labute approximate surface area is 157 Å². The summed E-state index contributed by atoms with van der Waals surface area (Å²) < 4.78 is 13.0. The summed E-state index contributed by atoms with van der Waals surface area (Å²) in [5, 5.41) is 4.30. The van der Waals surface area contributed by atoms with Crippen LogP contribution in [0.25, 0.3) is 0 Å². The number of carbonyl (C=O) groups excluding carboxylic acids is 1. The van der Waals surface area contributed by atoms with Gasteiger partial charge in [-0.05, 0) is 43.9 Å². The number of likely N-dealkylation sites (tertiary alicyclic amines) is 1. The maximum atomic E-state index is 12.8. The van der Waals surface area contributed by atoms with E-state index in [1.54, 1.807) is 12.1 Å². The zero-order chi connectivity index (χ0) is 18.8. The van der Waals surface area contributed by atoms with Crippen LogP contribution >= 0.6 is 0 Å². The molecule has 1 unspecified atom stereocenters. The molecule has 3 heterocycles. The summed E-state index contributed by atoms with van der Waals surface area (Å²) in [5.74, 6) is 1.59. The fourth-order valence-corrected chi connectivity index (χ4v) is 3.61. The lowest BCUT2D eigenvalue weighted by Crippen LogP contribution is -2.49. The molecule has 0 saturated carbocycles. The van der Waals surface area contributed by atoms with Gasteiger partial charge in [0.2, 0.25) is 6.10 Å². The molecule has 2 aliphatic heterocycles. The number of aryl methyl sites for hydroxylation is 1. The SMILES string of the molecule is Cc1ccc(=O)n(CC2CCN(C(=O)C3COc4ccccc4O3)CC2)n1. The molecule has 7 heteroatoms. The number of aromatic nitrogens is 2. The Kier molecular flexibility index (Phi) is 4.83. The van der Waals surface area contributed by atoms with E-state index in [4.69, 9.17) is 9.47 Å². The molecule has 0 N–H and O–H groups in total. The van der Waals surface area contributed by atoms with Crippen LogP contribution in [0.4, 0.5) is 0 Å². The first-order chi connectivity index (χ1) is 13.1. The molecule has 1 atom stereocenters. The first kappa shape index (κ1) is 17.6. The van der Waals surface area contributed by atoms with Gasteiger partial charge in [0.15, 0.2) is 11.5 Å². The zero-order valence-electron chi connectivity index (χ0n) is 15.3. The molecule has 4 rings (SSSR count). The molecule has 0 aliphatic carbocycles. The molecular weight excluding hydrogens is 346 g/mol. The quantitative estimate of drug-likeness (QED) is 0.822. The predicted octanol–water partition coefficient (Wildman–Crippen LogP) is 1.63. The number of para-hydroxylation sites is 2. The molecule has 1 fully saturated rings. The maximum Gasteiger partial charge on any atom is 0.267 e. The third kappa shape index (κ3) is 3.82. The summed E-state index contributed by atoms with van der Waals surface area (Å²) >= 11 is 0. The van der Waals surface area contributed by atoms with E-state index in [1.165, 1.54) is 4.68 Å². The van der Waals surface area contributed by atoms with Crippen molar-refractivity contribution in [3.05, 3.63) is 52.4 Å². The van der Waals surface area contributed by atoms with Crippen molar-refractivity contribution in [1.82, 2.24) is 14.7 Å². The molecular formula is C20H23N3O4. The van der Waals surface area contributed by atoms with Crippen LogP contribution in [0.15, 0.2) is 41.2 Å². The Hall–Kier alpha value is -2.83. The summed E-state index contributed by atoms with van der Waals surface area (Å²) in [6, 6.07) is 10.7. The minimum atomic E-state index is -0.600. The largest absolute Gasteiger partial charge is 0.485 e. The van der Waals surface area contributed by atoms with Gasteiger partial charge in [0.1, 0.15) is 6.61 Å². The molecule has 1 saturated heterocycles. The van der Waals surface area contributed by atoms with E-state index >= 15 is 0 Å². The monoisotopic (exact) mass is 369 g/mol. The van der Waals surface area contributed by atoms with Gasteiger partial charge in [-0.15, -0.1) is 0 Å². The molecule has 0 bridgehead atoms. The van der Waals surface area contributed by atoms with Crippen LogP contribution in [0.5, 0.6) is 11.5 Å². The number of hydrogen-bond donors (Lipinski definition) is 0. The number of piperidine rings is 1. The smallest absolute Gasteiger partial charge is 0.267 e. The molecule has 1 aromatic heterocycles. The maximum absolute atomic E-state index is 12.8. The van der Waals surface area contributed by atoms with Crippen molar-refractivity contribution in [2.24, 2.45) is 5.92 Å². The summed E-state index contributed by atoms with van der Waals surface area (Å²) in [6.45, 7) is 4.02. The molecule has 0 spiro atoms. The number of rotatable bonds is 3. The second kappa shape index (κ2) is 7.42. The van der Waals surface area contributed by atoms with Crippen LogP contribution in [-0.2, 0) is 11.3 Å². The van der Waals surface area contributed by atoms with E-state index in [0.29, 0.717) is 37.1 Å². The van der Waals surface area contributed by atoms with Crippen molar-refractivity contribution in [2.45, 2.75) is 32.4 Å². The van der Waals surface area contributed by atoms with Crippen molar-refractivity contribution in [2.75, 3.05) is 19.7 Å². The average Bonchev–Trinajstić information content (AvgIpc) is 2.70. The highest BCUT2D eigenvalue weighted by molar-refractivity contribution is 5.82. The third-order valence-corrected chi connectivity index (χ3v) is 5.14. The van der Waals surface area contributed by atoms with E-state index in [-0.39, 0.29) is 18.1 Å². The van der Waals surface area contributed by atoms with Crippen molar-refractivity contribution >= 4 is 5.91 Å². The normalized spacial score (nSPS) is 19.7. The number of amides is 1. The van der Waals surface area contributed by atoms with Crippen molar-refractivity contribution in [3.63, 3.8) is 0 Å². The highest BCUT2D eigenvalue weighted by atomic mass is 16.6. The second-order valence-corrected chi connectivity index (χ2v) is 7.13. The summed E-state index contributed by atoms with van der Waals surface area (Å²) in [6.07, 6.45) is 1.09. The molecule has 7 nitrogen and oxygen atoms in total. The fraction of sp³-hybridized carbons (Fsp3) is 0.450. The highest BCUT2D eigenvalue weighted by Gasteiger charge is 2.33. The third-order valence-electron chi connectivity index (χ3n) is 5.14. The topological polar surface area (TPSA) is 73.7 Å². The van der Waals surface area contributed by atoms with Crippen molar-refractivity contribution in [3.8, 4) is 11.5 Å². The minimum Gasteiger partial charge on any atom is -0.485 e. The number of ether oxygens (including phenoxy) is 2. The first-order valence-corrected chi connectivity index (χ1v) is 9.32. The number of benzene rings is 1. The molecule has 2 aliphatic rings. The number of fused-ring (bicyclic) bond motifs is 1. The van der Waals surface area contributed by atoms with Gasteiger partial charge in [0.05, 0.1) is 5.69 Å². The van der Waals surface area contributed by atoms with Gasteiger partial charge in [0, 0.05) is 25.7 Å². The molecule has 0 radical (unpaired) electrons. The Morgan fingerprint density at radius 2 is 1.89 bits per heavy atom. The highest BCUT2D eigenvalue weighted by Crippen LogP contribution is 2.31. The lowest BCUT2D eigenvalue weighted by atomic mass is 9.96. The molecule has 1 aromatic carbocycles. The van der Waals surface area contributed by atoms with E-state index in [9.17, 15) is 9.59 Å². The van der Waals surface area contributed by atoms with Gasteiger partial charge in [-0.25, -0.2) is 4.68 Å². The zero-order valence-corrected chi connectivity index (χ0v) is 15.3. The van der Waals surface area contributed by atoms with E-state index in [1.807, 2.05) is 36.1 Å². The van der Waals surface area contributed by atoms with E-state index < -0.39 is 6.10 Å². The van der Waals surface area contributed by atoms with Gasteiger partial charge < -0.3 is 14.4 Å². The number of carbonyl (C=O) groups is 1.